The van der Waals surface area contributed by atoms with Crippen LogP contribution in [0.1, 0.15) is 47.0 Å². The van der Waals surface area contributed by atoms with Crippen molar-refractivity contribution in [2.24, 2.45) is 0 Å². The third-order valence-corrected chi connectivity index (χ3v) is 2.91. The van der Waals surface area contributed by atoms with Gasteiger partial charge in [-0.15, -0.1) is 0 Å². The SMILES string of the molecule is CC(OC1CCCCO1)C(NC(=O)OC(C)(C)C)C(=O)O. The Hall–Kier alpha value is -1.34. The summed E-state index contributed by atoms with van der Waals surface area (Å²) in [5, 5.41) is 11.6. The van der Waals surface area contributed by atoms with E-state index in [0.29, 0.717) is 6.61 Å². The molecule has 1 heterocycles. The van der Waals surface area contributed by atoms with Crippen LogP contribution in [0.3, 0.4) is 0 Å². The van der Waals surface area contributed by atoms with Gasteiger partial charge in [0.1, 0.15) is 5.60 Å². The Balaban J connectivity index is 2.55. The van der Waals surface area contributed by atoms with E-state index in [1.165, 1.54) is 0 Å². The van der Waals surface area contributed by atoms with Crippen LogP contribution in [0.25, 0.3) is 0 Å². The number of carbonyl (C=O) groups is 2. The van der Waals surface area contributed by atoms with Crippen molar-refractivity contribution in [1.29, 1.82) is 0 Å². The van der Waals surface area contributed by atoms with E-state index >= 15 is 0 Å². The van der Waals surface area contributed by atoms with Crippen molar-refractivity contribution in [1.82, 2.24) is 5.32 Å². The average molecular weight is 303 g/mol. The number of carboxylic acid groups (broad SMARTS) is 1. The van der Waals surface area contributed by atoms with Gasteiger partial charge >= 0.3 is 12.1 Å². The molecule has 1 fully saturated rings. The van der Waals surface area contributed by atoms with E-state index in [-0.39, 0.29) is 0 Å². The van der Waals surface area contributed by atoms with Crippen LogP contribution >= 0.6 is 0 Å². The molecule has 0 aliphatic carbocycles. The van der Waals surface area contributed by atoms with Gasteiger partial charge in [0.05, 0.1) is 6.10 Å². The largest absolute Gasteiger partial charge is 0.480 e. The molecular formula is C14H25NO6. The number of ether oxygens (including phenoxy) is 3. The number of amides is 1. The average Bonchev–Trinajstić information content (AvgIpc) is 2.34. The molecule has 1 aliphatic rings. The standard InChI is InChI=1S/C14H25NO6/c1-9(20-10-7-5-6-8-19-10)11(12(16)17)15-13(18)21-14(2,3)4/h9-11H,5-8H2,1-4H3,(H,15,18)(H,16,17). The quantitative estimate of drug-likeness (QED) is 0.805. The highest BCUT2D eigenvalue weighted by atomic mass is 16.7. The summed E-state index contributed by atoms with van der Waals surface area (Å²) in [5.74, 6) is -1.18. The number of carboxylic acids is 1. The van der Waals surface area contributed by atoms with E-state index in [4.69, 9.17) is 14.2 Å². The predicted molar refractivity (Wildman–Crippen MR) is 74.9 cm³/mol. The molecule has 0 bridgehead atoms. The Labute approximate surface area is 124 Å². The van der Waals surface area contributed by atoms with Gasteiger partial charge in [-0.1, -0.05) is 0 Å². The highest BCUT2D eigenvalue weighted by molar-refractivity contribution is 5.80. The lowest BCUT2D eigenvalue weighted by Gasteiger charge is -2.29. The van der Waals surface area contributed by atoms with Crippen LogP contribution in [-0.2, 0) is 19.0 Å². The number of alkyl carbamates (subject to hydrolysis) is 1. The minimum absolute atomic E-state index is 0.420. The normalized spacial score (nSPS) is 22.2. The molecule has 0 aromatic rings. The summed E-state index contributed by atoms with van der Waals surface area (Å²) in [5.41, 5.74) is -0.691. The third kappa shape index (κ3) is 6.77. The van der Waals surface area contributed by atoms with Gasteiger partial charge in [0, 0.05) is 6.61 Å². The highest BCUT2D eigenvalue weighted by Crippen LogP contribution is 2.17. The molecule has 1 saturated heterocycles. The second kappa shape index (κ2) is 7.61. The maximum Gasteiger partial charge on any atom is 0.408 e. The van der Waals surface area contributed by atoms with Crippen LogP contribution in [0, 0.1) is 0 Å². The summed E-state index contributed by atoms with van der Waals surface area (Å²) in [6.45, 7) is 7.32. The zero-order valence-electron chi connectivity index (χ0n) is 13.0. The monoisotopic (exact) mass is 303 g/mol. The smallest absolute Gasteiger partial charge is 0.408 e. The number of aliphatic carboxylic acids is 1. The van der Waals surface area contributed by atoms with Crippen LogP contribution in [-0.4, -0.2) is 47.8 Å². The molecule has 0 spiro atoms. The maximum absolute atomic E-state index is 11.7. The number of hydrogen-bond donors (Lipinski definition) is 2. The molecule has 7 nitrogen and oxygen atoms in total. The van der Waals surface area contributed by atoms with Gasteiger partial charge < -0.3 is 24.6 Å². The molecule has 1 amide bonds. The summed E-state index contributed by atoms with van der Waals surface area (Å²) in [6, 6.07) is -1.19. The van der Waals surface area contributed by atoms with Gasteiger partial charge in [0.2, 0.25) is 0 Å². The lowest BCUT2D eigenvalue weighted by atomic mass is 10.1. The van der Waals surface area contributed by atoms with Crippen LogP contribution in [0.4, 0.5) is 4.79 Å². The second-order valence-corrected chi connectivity index (χ2v) is 6.10. The molecule has 0 radical (unpaired) electrons. The van der Waals surface area contributed by atoms with Crippen molar-refractivity contribution in [3.05, 3.63) is 0 Å². The molecule has 1 aliphatic heterocycles. The Bertz CT molecular complexity index is 359. The summed E-state index contributed by atoms with van der Waals surface area (Å²) < 4.78 is 16.0. The van der Waals surface area contributed by atoms with Gasteiger partial charge in [-0.2, -0.15) is 0 Å². The highest BCUT2D eigenvalue weighted by Gasteiger charge is 2.31. The molecule has 1 rings (SSSR count). The molecular weight excluding hydrogens is 278 g/mol. The Kier molecular flexibility index (Phi) is 6.42. The fourth-order valence-corrected chi connectivity index (χ4v) is 1.95. The minimum Gasteiger partial charge on any atom is -0.480 e. The first-order chi connectivity index (χ1) is 9.69. The molecule has 0 saturated carbocycles. The first-order valence-corrected chi connectivity index (χ1v) is 7.18. The number of carbonyl (C=O) groups excluding carboxylic acids is 1. The van der Waals surface area contributed by atoms with Crippen LogP contribution in [0.15, 0.2) is 0 Å². The Morgan fingerprint density at radius 2 is 2.00 bits per heavy atom. The number of hydrogen-bond acceptors (Lipinski definition) is 5. The fraction of sp³-hybridized carbons (Fsp3) is 0.857. The van der Waals surface area contributed by atoms with Crippen molar-refractivity contribution in [3.8, 4) is 0 Å². The van der Waals surface area contributed by atoms with E-state index in [1.54, 1.807) is 27.7 Å². The summed E-state index contributed by atoms with van der Waals surface area (Å²) in [4.78, 5) is 23.0. The maximum atomic E-state index is 11.7. The van der Waals surface area contributed by atoms with Gasteiger partial charge in [-0.05, 0) is 47.0 Å². The summed E-state index contributed by atoms with van der Waals surface area (Å²) in [6.07, 6.45) is 0.758. The van der Waals surface area contributed by atoms with E-state index in [0.717, 1.165) is 19.3 Å². The van der Waals surface area contributed by atoms with Crippen LogP contribution < -0.4 is 5.32 Å². The summed E-state index contributed by atoms with van der Waals surface area (Å²) in [7, 11) is 0. The Morgan fingerprint density at radius 3 is 2.48 bits per heavy atom. The lowest BCUT2D eigenvalue weighted by molar-refractivity contribution is -0.193. The van der Waals surface area contributed by atoms with Crippen molar-refractivity contribution in [3.63, 3.8) is 0 Å². The molecule has 0 aromatic heterocycles. The second-order valence-electron chi connectivity index (χ2n) is 6.10. The molecule has 2 N–H and O–H groups in total. The van der Waals surface area contributed by atoms with E-state index < -0.39 is 36.1 Å². The van der Waals surface area contributed by atoms with Gasteiger partial charge in [0.25, 0.3) is 0 Å². The molecule has 122 valence electrons. The van der Waals surface area contributed by atoms with Crippen LogP contribution in [0.5, 0.6) is 0 Å². The van der Waals surface area contributed by atoms with Crippen molar-refractivity contribution < 1.29 is 28.9 Å². The predicted octanol–water partition coefficient (Wildman–Crippen LogP) is 1.90. The van der Waals surface area contributed by atoms with Crippen molar-refractivity contribution in [2.45, 2.75) is 71.0 Å². The third-order valence-electron chi connectivity index (χ3n) is 2.91. The molecule has 21 heavy (non-hydrogen) atoms. The zero-order chi connectivity index (χ0) is 16.0. The minimum atomic E-state index is -1.19. The number of nitrogens with one attached hydrogen (secondary N) is 1. The summed E-state index contributed by atoms with van der Waals surface area (Å²) >= 11 is 0. The fourth-order valence-electron chi connectivity index (χ4n) is 1.95. The molecule has 3 unspecified atom stereocenters. The Morgan fingerprint density at radius 1 is 1.33 bits per heavy atom. The van der Waals surface area contributed by atoms with Gasteiger partial charge in [0.15, 0.2) is 12.3 Å². The van der Waals surface area contributed by atoms with Gasteiger partial charge in [-0.25, -0.2) is 9.59 Å². The first-order valence-electron chi connectivity index (χ1n) is 7.18. The van der Waals surface area contributed by atoms with E-state index in [1.807, 2.05) is 0 Å². The molecule has 0 aromatic carbocycles. The molecule has 7 heteroatoms. The zero-order valence-corrected chi connectivity index (χ0v) is 13.0. The van der Waals surface area contributed by atoms with Crippen LogP contribution in [0.2, 0.25) is 0 Å². The number of rotatable bonds is 5. The topological polar surface area (TPSA) is 94.1 Å². The van der Waals surface area contributed by atoms with E-state index in [9.17, 15) is 14.7 Å². The van der Waals surface area contributed by atoms with Crippen molar-refractivity contribution >= 4 is 12.1 Å². The van der Waals surface area contributed by atoms with Crippen molar-refractivity contribution in [2.75, 3.05) is 6.61 Å². The lowest BCUT2D eigenvalue weighted by Crippen LogP contribution is -2.51. The van der Waals surface area contributed by atoms with Gasteiger partial charge in [-0.3, -0.25) is 0 Å². The molecule has 3 atom stereocenters. The van der Waals surface area contributed by atoms with E-state index in [2.05, 4.69) is 5.32 Å². The first kappa shape index (κ1) is 17.7.